The molecular weight excluding hydrogens is 452 g/mol. The van der Waals surface area contributed by atoms with E-state index in [1.54, 1.807) is 16.3 Å². The van der Waals surface area contributed by atoms with E-state index in [1.807, 2.05) is 24.3 Å². The van der Waals surface area contributed by atoms with E-state index in [4.69, 9.17) is 4.74 Å². The molecule has 2 N–H and O–H groups in total. The summed E-state index contributed by atoms with van der Waals surface area (Å²) in [6.07, 6.45) is 1.69. The lowest BCUT2D eigenvalue weighted by Gasteiger charge is -2.29. The number of aromatic hydroxyl groups is 1. The van der Waals surface area contributed by atoms with Crippen LogP contribution in [0.5, 0.6) is 5.75 Å². The zero-order valence-corrected chi connectivity index (χ0v) is 18.5. The van der Waals surface area contributed by atoms with E-state index in [0.29, 0.717) is 6.54 Å². The first kappa shape index (κ1) is 21.8. The molecule has 1 aliphatic heterocycles. The Labute approximate surface area is 189 Å². The summed E-state index contributed by atoms with van der Waals surface area (Å²) >= 11 is 1.05. The molecule has 2 heterocycles. The highest BCUT2D eigenvalue weighted by Crippen LogP contribution is 2.28. The van der Waals surface area contributed by atoms with Crippen molar-refractivity contribution in [2.24, 2.45) is 0 Å². The number of carbonyl (C=O) groups is 2. The lowest BCUT2D eigenvalue weighted by Crippen LogP contribution is -2.38. The molecule has 1 amide bonds. The number of thiophene rings is 1. The second-order valence-corrected chi connectivity index (χ2v) is 9.98. The Balaban J connectivity index is 1.45. The van der Waals surface area contributed by atoms with E-state index < -0.39 is 22.6 Å². The number of phenols is 1. The first-order chi connectivity index (χ1) is 15.3. The molecule has 0 saturated heterocycles. The van der Waals surface area contributed by atoms with Gasteiger partial charge in [-0.25, -0.2) is 13.2 Å². The molecule has 8 nitrogen and oxygen atoms in total. The van der Waals surface area contributed by atoms with Crippen LogP contribution in [0.25, 0.3) is 0 Å². The van der Waals surface area contributed by atoms with E-state index in [1.165, 1.54) is 24.3 Å². The number of anilines is 2. The Hall–Kier alpha value is -3.37. The highest BCUT2D eigenvalue weighted by Gasteiger charge is 2.24. The molecule has 0 saturated carbocycles. The van der Waals surface area contributed by atoms with Crippen molar-refractivity contribution in [1.82, 2.24) is 0 Å². The van der Waals surface area contributed by atoms with Gasteiger partial charge in [-0.3, -0.25) is 9.52 Å². The number of amides is 1. The number of para-hydroxylation sites is 1. The van der Waals surface area contributed by atoms with Gasteiger partial charge in [0.25, 0.3) is 15.9 Å². The molecule has 2 aromatic carbocycles. The molecule has 3 aromatic rings. The highest BCUT2D eigenvalue weighted by atomic mass is 32.2. The zero-order valence-electron chi connectivity index (χ0n) is 16.9. The predicted molar refractivity (Wildman–Crippen MR) is 121 cm³/mol. The molecule has 0 aliphatic carbocycles. The number of rotatable bonds is 6. The molecule has 0 radical (unpaired) electrons. The van der Waals surface area contributed by atoms with Crippen LogP contribution in [0.4, 0.5) is 11.4 Å². The van der Waals surface area contributed by atoms with Crippen molar-refractivity contribution >= 4 is 44.6 Å². The molecular formula is C22H20N2O6S2. The van der Waals surface area contributed by atoms with Crippen molar-refractivity contribution in [2.45, 2.75) is 17.1 Å². The van der Waals surface area contributed by atoms with Gasteiger partial charge in [0, 0.05) is 17.9 Å². The minimum atomic E-state index is -3.82. The van der Waals surface area contributed by atoms with Crippen molar-refractivity contribution in [3.8, 4) is 5.75 Å². The third-order valence-corrected chi connectivity index (χ3v) is 7.75. The molecule has 0 bridgehead atoms. The van der Waals surface area contributed by atoms with Gasteiger partial charge in [-0.05, 0) is 54.1 Å². The van der Waals surface area contributed by atoms with Crippen molar-refractivity contribution in [2.75, 3.05) is 22.8 Å². The van der Waals surface area contributed by atoms with E-state index in [0.717, 1.165) is 35.4 Å². The summed E-state index contributed by atoms with van der Waals surface area (Å²) in [6.45, 7) is 0.0242. The van der Waals surface area contributed by atoms with Crippen molar-refractivity contribution in [3.05, 3.63) is 71.1 Å². The fourth-order valence-electron chi connectivity index (χ4n) is 3.46. The van der Waals surface area contributed by atoms with Gasteiger partial charge in [-0.2, -0.15) is 0 Å². The van der Waals surface area contributed by atoms with Crippen LogP contribution in [0.3, 0.4) is 0 Å². The molecule has 1 aliphatic rings. The summed E-state index contributed by atoms with van der Waals surface area (Å²) in [6, 6.07) is 14.3. The Morgan fingerprint density at radius 3 is 2.72 bits per heavy atom. The third kappa shape index (κ3) is 4.61. The van der Waals surface area contributed by atoms with Gasteiger partial charge in [-0.15, -0.1) is 11.3 Å². The Bertz CT molecular complexity index is 1260. The number of nitrogens with one attached hydrogen (secondary N) is 1. The SMILES string of the molecule is O=C(OCC(=O)N1CCCc2ccccc21)c1cc(NS(=O)(=O)c2cccs2)ccc1O. The summed E-state index contributed by atoms with van der Waals surface area (Å²) in [4.78, 5) is 26.8. The second-order valence-electron chi connectivity index (χ2n) is 7.12. The van der Waals surface area contributed by atoms with Gasteiger partial charge < -0.3 is 14.7 Å². The number of esters is 1. The Kier molecular flexibility index (Phi) is 6.15. The normalized spacial score (nSPS) is 13.3. The van der Waals surface area contributed by atoms with Gasteiger partial charge in [-0.1, -0.05) is 24.3 Å². The van der Waals surface area contributed by atoms with Crippen LogP contribution in [0.1, 0.15) is 22.3 Å². The number of nitrogens with zero attached hydrogens (tertiary/aromatic N) is 1. The quantitative estimate of drug-likeness (QED) is 0.420. The predicted octanol–water partition coefficient (Wildman–Crippen LogP) is 3.39. The zero-order chi connectivity index (χ0) is 22.7. The number of aryl methyl sites for hydroxylation is 1. The summed E-state index contributed by atoms with van der Waals surface area (Å²) in [5.41, 5.74) is 1.69. The fourth-order valence-corrected chi connectivity index (χ4v) is 5.50. The van der Waals surface area contributed by atoms with E-state index in [2.05, 4.69) is 4.72 Å². The van der Waals surface area contributed by atoms with Gasteiger partial charge in [0.05, 0.1) is 0 Å². The first-order valence-corrected chi connectivity index (χ1v) is 12.2. The number of sulfonamides is 1. The molecule has 1 aromatic heterocycles. The summed E-state index contributed by atoms with van der Waals surface area (Å²) in [5, 5.41) is 11.7. The van der Waals surface area contributed by atoms with Crippen LogP contribution in [0.15, 0.2) is 64.2 Å². The summed E-state index contributed by atoms with van der Waals surface area (Å²) < 4.78 is 32.4. The average Bonchev–Trinajstić information content (AvgIpc) is 3.34. The second kappa shape index (κ2) is 9.01. The molecule has 0 unspecified atom stereocenters. The van der Waals surface area contributed by atoms with Crippen LogP contribution >= 0.6 is 11.3 Å². The topological polar surface area (TPSA) is 113 Å². The van der Waals surface area contributed by atoms with Gasteiger partial charge in [0.1, 0.15) is 15.5 Å². The van der Waals surface area contributed by atoms with Crippen LogP contribution in [0, 0.1) is 0 Å². The van der Waals surface area contributed by atoms with Gasteiger partial charge in [0.2, 0.25) is 0 Å². The number of benzene rings is 2. The number of hydrogen-bond acceptors (Lipinski definition) is 7. The van der Waals surface area contributed by atoms with Crippen LogP contribution in [0.2, 0.25) is 0 Å². The minimum absolute atomic E-state index is 0.0828. The molecule has 0 fully saturated rings. The number of ether oxygens (including phenoxy) is 1. The highest BCUT2D eigenvalue weighted by molar-refractivity contribution is 7.94. The maximum Gasteiger partial charge on any atom is 0.342 e. The lowest BCUT2D eigenvalue weighted by atomic mass is 10.0. The summed E-state index contributed by atoms with van der Waals surface area (Å²) in [7, 11) is -3.82. The molecule has 166 valence electrons. The van der Waals surface area contributed by atoms with Crippen molar-refractivity contribution < 1.29 is 27.9 Å². The smallest absolute Gasteiger partial charge is 0.342 e. The standard InChI is InChI=1S/C22H20N2O6S2/c25-19-10-9-16(23-32(28,29)21-8-4-12-31-21)13-17(19)22(27)30-14-20(26)24-11-3-6-15-5-1-2-7-18(15)24/h1-2,4-5,7-10,12-13,23,25H,3,6,11,14H2. The molecule has 0 atom stereocenters. The summed E-state index contributed by atoms with van der Waals surface area (Å²) in [5.74, 6) is -1.69. The van der Waals surface area contributed by atoms with E-state index in [9.17, 15) is 23.1 Å². The maximum atomic E-state index is 12.7. The number of fused-ring (bicyclic) bond motifs is 1. The van der Waals surface area contributed by atoms with Crippen LogP contribution in [-0.4, -0.2) is 38.6 Å². The lowest BCUT2D eigenvalue weighted by molar-refractivity contribution is -0.121. The number of hydrogen-bond donors (Lipinski definition) is 2. The average molecular weight is 473 g/mol. The Morgan fingerprint density at radius 1 is 1.12 bits per heavy atom. The Morgan fingerprint density at radius 2 is 1.94 bits per heavy atom. The minimum Gasteiger partial charge on any atom is -0.507 e. The van der Waals surface area contributed by atoms with Crippen molar-refractivity contribution in [1.29, 1.82) is 0 Å². The van der Waals surface area contributed by atoms with Gasteiger partial charge >= 0.3 is 5.97 Å². The number of phenolic OH excluding ortho intramolecular Hbond substituents is 1. The largest absolute Gasteiger partial charge is 0.507 e. The van der Waals surface area contributed by atoms with Crippen LogP contribution in [-0.2, 0) is 26.0 Å². The molecule has 10 heteroatoms. The first-order valence-electron chi connectivity index (χ1n) is 9.80. The van der Waals surface area contributed by atoms with Crippen molar-refractivity contribution in [3.63, 3.8) is 0 Å². The van der Waals surface area contributed by atoms with Crippen LogP contribution < -0.4 is 9.62 Å². The molecule has 4 rings (SSSR count). The monoisotopic (exact) mass is 472 g/mol. The van der Waals surface area contributed by atoms with E-state index >= 15 is 0 Å². The molecule has 0 spiro atoms. The molecule has 32 heavy (non-hydrogen) atoms. The fraction of sp³-hybridized carbons (Fsp3) is 0.182. The van der Waals surface area contributed by atoms with Gasteiger partial charge in [0.15, 0.2) is 6.61 Å². The maximum absolute atomic E-state index is 12.7. The van der Waals surface area contributed by atoms with E-state index in [-0.39, 0.29) is 27.1 Å². The number of carbonyl (C=O) groups excluding carboxylic acids is 2. The third-order valence-electron chi connectivity index (χ3n) is 4.97.